The lowest BCUT2D eigenvalue weighted by Gasteiger charge is -2.22. The van der Waals surface area contributed by atoms with Crippen LogP contribution in [-0.4, -0.2) is 22.6 Å². The Hall–Kier alpha value is -1.58. The van der Waals surface area contributed by atoms with Crippen LogP contribution in [0.5, 0.6) is 0 Å². The number of carbonyl (C=O) groups is 1. The first-order chi connectivity index (χ1) is 9.66. The highest BCUT2D eigenvalue weighted by atomic mass is 16.6. The van der Waals surface area contributed by atoms with Gasteiger partial charge in [-0.05, 0) is 51.5 Å². The van der Waals surface area contributed by atoms with E-state index in [4.69, 9.17) is 4.74 Å². The van der Waals surface area contributed by atoms with E-state index in [1.165, 1.54) is 6.42 Å². The fourth-order valence-electron chi connectivity index (χ4n) is 2.80. The lowest BCUT2D eigenvalue weighted by atomic mass is 9.92. The maximum absolute atomic E-state index is 12.3. The van der Waals surface area contributed by atoms with E-state index in [1.54, 1.807) is 18.5 Å². The maximum Gasteiger partial charge on any atom is 0.340 e. The second-order valence-electron chi connectivity index (χ2n) is 7.67. The number of pyridine rings is 1. The molecule has 0 aliphatic heterocycles. The van der Waals surface area contributed by atoms with Gasteiger partial charge in [0.15, 0.2) is 0 Å². The minimum absolute atomic E-state index is 0.301. The predicted molar refractivity (Wildman–Crippen MR) is 84.4 cm³/mol. The first kappa shape index (κ1) is 15.8. The van der Waals surface area contributed by atoms with Gasteiger partial charge in [0.1, 0.15) is 5.60 Å². The lowest BCUT2D eigenvalue weighted by molar-refractivity contribution is 0.00705. The smallest absolute Gasteiger partial charge is 0.340 e. The van der Waals surface area contributed by atoms with Crippen molar-refractivity contribution < 1.29 is 9.53 Å². The van der Waals surface area contributed by atoms with Gasteiger partial charge in [-0.2, -0.15) is 0 Å². The number of hydrogen-bond acceptors (Lipinski definition) is 4. The molecule has 1 unspecified atom stereocenters. The minimum Gasteiger partial charge on any atom is -0.456 e. The van der Waals surface area contributed by atoms with Gasteiger partial charge in [0.25, 0.3) is 0 Å². The average Bonchev–Trinajstić information content (AvgIpc) is 2.67. The van der Waals surface area contributed by atoms with Crippen LogP contribution in [0.4, 0.5) is 5.69 Å². The van der Waals surface area contributed by atoms with Gasteiger partial charge in [0, 0.05) is 12.2 Å². The monoisotopic (exact) mass is 290 g/mol. The molecule has 1 atom stereocenters. The van der Waals surface area contributed by atoms with Crippen molar-refractivity contribution >= 4 is 11.7 Å². The fraction of sp³-hybridized carbons (Fsp3) is 0.647. The number of rotatable bonds is 3. The largest absolute Gasteiger partial charge is 0.456 e. The number of anilines is 1. The van der Waals surface area contributed by atoms with Crippen LogP contribution in [0, 0.1) is 5.41 Å². The van der Waals surface area contributed by atoms with Gasteiger partial charge < -0.3 is 10.1 Å². The minimum atomic E-state index is -0.493. The fourth-order valence-corrected chi connectivity index (χ4v) is 2.80. The molecule has 21 heavy (non-hydrogen) atoms. The van der Waals surface area contributed by atoms with E-state index in [1.807, 2.05) is 20.8 Å². The molecule has 1 fully saturated rings. The van der Waals surface area contributed by atoms with Crippen LogP contribution < -0.4 is 5.32 Å². The molecule has 1 aliphatic rings. The lowest BCUT2D eigenvalue weighted by Crippen LogP contribution is -2.25. The maximum atomic E-state index is 12.3. The summed E-state index contributed by atoms with van der Waals surface area (Å²) in [5.74, 6) is -0.301. The van der Waals surface area contributed by atoms with Crippen LogP contribution in [0.15, 0.2) is 18.5 Å². The third-order valence-corrected chi connectivity index (χ3v) is 3.77. The third kappa shape index (κ3) is 4.45. The van der Waals surface area contributed by atoms with Crippen molar-refractivity contribution in [2.24, 2.45) is 5.41 Å². The van der Waals surface area contributed by atoms with Crippen molar-refractivity contribution in [1.29, 1.82) is 0 Å². The molecule has 4 heteroatoms. The highest BCUT2D eigenvalue weighted by Crippen LogP contribution is 2.38. The SMILES string of the molecule is CC1(C)CCC(Nc2cnccc2C(=O)OC(C)(C)C)C1. The second kappa shape index (κ2) is 5.66. The Morgan fingerprint density at radius 1 is 1.43 bits per heavy atom. The highest BCUT2D eigenvalue weighted by molar-refractivity contribution is 5.95. The first-order valence-electron chi connectivity index (χ1n) is 7.60. The zero-order valence-corrected chi connectivity index (χ0v) is 13.7. The third-order valence-electron chi connectivity index (χ3n) is 3.77. The van der Waals surface area contributed by atoms with Crippen LogP contribution in [0.3, 0.4) is 0 Å². The number of ether oxygens (including phenoxy) is 1. The van der Waals surface area contributed by atoms with Gasteiger partial charge in [-0.1, -0.05) is 13.8 Å². The summed E-state index contributed by atoms with van der Waals surface area (Å²) in [6.45, 7) is 10.2. The number of esters is 1. The van der Waals surface area contributed by atoms with Gasteiger partial charge >= 0.3 is 5.97 Å². The second-order valence-corrected chi connectivity index (χ2v) is 7.67. The summed E-state index contributed by atoms with van der Waals surface area (Å²) in [4.78, 5) is 16.4. The zero-order valence-electron chi connectivity index (χ0n) is 13.7. The summed E-state index contributed by atoms with van der Waals surface area (Å²) in [7, 11) is 0. The van der Waals surface area contributed by atoms with E-state index in [2.05, 4.69) is 24.1 Å². The Labute approximate surface area is 127 Å². The molecule has 0 saturated heterocycles. The molecule has 1 heterocycles. The number of nitrogens with zero attached hydrogens (tertiary/aromatic N) is 1. The molecule has 1 aromatic heterocycles. The molecule has 0 radical (unpaired) electrons. The summed E-state index contributed by atoms with van der Waals surface area (Å²) in [5, 5.41) is 3.47. The molecular formula is C17H26N2O2. The van der Waals surface area contributed by atoms with E-state index < -0.39 is 5.60 Å². The molecule has 0 bridgehead atoms. The molecule has 4 nitrogen and oxygen atoms in total. The average molecular weight is 290 g/mol. The van der Waals surface area contributed by atoms with E-state index in [0.29, 0.717) is 17.0 Å². The van der Waals surface area contributed by atoms with Crippen molar-refractivity contribution in [1.82, 2.24) is 4.98 Å². The Balaban J connectivity index is 2.12. The van der Waals surface area contributed by atoms with Crippen LogP contribution in [0.1, 0.15) is 64.2 Å². The van der Waals surface area contributed by atoms with Crippen molar-refractivity contribution in [2.45, 2.75) is 65.5 Å². The van der Waals surface area contributed by atoms with Gasteiger partial charge in [0.2, 0.25) is 0 Å². The highest BCUT2D eigenvalue weighted by Gasteiger charge is 2.31. The van der Waals surface area contributed by atoms with E-state index in [0.717, 1.165) is 18.5 Å². The van der Waals surface area contributed by atoms with Gasteiger partial charge in [-0.15, -0.1) is 0 Å². The molecule has 1 aliphatic carbocycles. The number of hydrogen-bond donors (Lipinski definition) is 1. The van der Waals surface area contributed by atoms with E-state index in [-0.39, 0.29) is 5.97 Å². The number of aromatic nitrogens is 1. The quantitative estimate of drug-likeness (QED) is 0.854. The van der Waals surface area contributed by atoms with Crippen molar-refractivity contribution in [2.75, 3.05) is 5.32 Å². The zero-order chi connectivity index (χ0) is 15.7. The normalized spacial score (nSPS) is 21.1. The molecule has 0 spiro atoms. The topological polar surface area (TPSA) is 51.2 Å². The van der Waals surface area contributed by atoms with Crippen LogP contribution in [0.25, 0.3) is 0 Å². The molecule has 2 rings (SSSR count). The Bertz CT molecular complexity index is 518. The summed E-state index contributed by atoms with van der Waals surface area (Å²) in [5.41, 5.74) is 1.21. The Morgan fingerprint density at radius 3 is 2.71 bits per heavy atom. The summed E-state index contributed by atoms with van der Waals surface area (Å²) >= 11 is 0. The molecule has 0 amide bonds. The van der Waals surface area contributed by atoms with Crippen molar-refractivity contribution in [3.8, 4) is 0 Å². The van der Waals surface area contributed by atoms with Crippen LogP contribution in [0.2, 0.25) is 0 Å². The van der Waals surface area contributed by atoms with E-state index >= 15 is 0 Å². The Morgan fingerprint density at radius 2 is 2.14 bits per heavy atom. The van der Waals surface area contributed by atoms with Crippen molar-refractivity contribution in [3.63, 3.8) is 0 Å². The predicted octanol–water partition coefficient (Wildman–Crippen LogP) is 4.03. The van der Waals surface area contributed by atoms with Crippen molar-refractivity contribution in [3.05, 3.63) is 24.0 Å². The molecule has 1 N–H and O–H groups in total. The van der Waals surface area contributed by atoms with Gasteiger partial charge in [-0.3, -0.25) is 4.98 Å². The molecule has 116 valence electrons. The van der Waals surface area contributed by atoms with Gasteiger partial charge in [0.05, 0.1) is 17.4 Å². The Kier molecular flexibility index (Phi) is 4.26. The number of nitrogens with one attached hydrogen (secondary N) is 1. The van der Waals surface area contributed by atoms with Gasteiger partial charge in [-0.25, -0.2) is 4.79 Å². The van der Waals surface area contributed by atoms with Crippen LogP contribution >= 0.6 is 0 Å². The molecule has 1 saturated carbocycles. The molecular weight excluding hydrogens is 264 g/mol. The summed E-state index contributed by atoms with van der Waals surface area (Å²) < 4.78 is 5.46. The molecule has 1 aromatic rings. The molecule has 0 aromatic carbocycles. The first-order valence-corrected chi connectivity index (χ1v) is 7.60. The van der Waals surface area contributed by atoms with Crippen LogP contribution in [-0.2, 0) is 4.74 Å². The van der Waals surface area contributed by atoms with E-state index in [9.17, 15) is 4.79 Å². The number of carbonyl (C=O) groups excluding carboxylic acids is 1. The summed E-state index contributed by atoms with van der Waals surface area (Å²) in [6, 6.07) is 2.11. The standard InChI is InChI=1S/C17H26N2O2/c1-16(2,3)21-15(20)13-7-9-18-11-14(13)19-12-6-8-17(4,5)10-12/h7,9,11-12,19H,6,8,10H2,1-5H3. The summed E-state index contributed by atoms with van der Waals surface area (Å²) in [6.07, 6.45) is 6.77.